The maximum absolute atomic E-state index is 5.49. The van der Waals surface area contributed by atoms with Gasteiger partial charge in [-0.2, -0.15) is 0 Å². The van der Waals surface area contributed by atoms with Gasteiger partial charge < -0.3 is 15.5 Å². The minimum absolute atomic E-state index is 0.254. The van der Waals surface area contributed by atoms with E-state index in [4.69, 9.17) is 22.4 Å². The first-order chi connectivity index (χ1) is 8.15. The van der Waals surface area contributed by atoms with Crippen LogP contribution in [0.5, 0.6) is 0 Å². The van der Waals surface area contributed by atoms with Crippen LogP contribution in [0.2, 0.25) is 0 Å². The molecular weight excluding hydrogens is 236 g/mol. The lowest BCUT2D eigenvalue weighted by molar-refractivity contribution is 0.490. The van der Waals surface area contributed by atoms with Crippen LogP contribution in [0.15, 0.2) is 28.8 Å². The van der Waals surface area contributed by atoms with Crippen LogP contribution in [0, 0.1) is 6.92 Å². The molecule has 2 aromatic heterocycles. The number of nitrogens with two attached hydrogens (primary N) is 1. The summed E-state index contributed by atoms with van der Waals surface area (Å²) in [6, 6.07) is 5.48. The van der Waals surface area contributed by atoms with Gasteiger partial charge in [-0.15, -0.1) is 0 Å². The fraction of sp³-hybridized carbons (Fsp3) is 0.182. The van der Waals surface area contributed by atoms with Crippen molar-refractivity contribution in [3.63, 3.8) is 0 Å². The van der Waals surface area contributed by atoms with Crippen molar-refractivity contribution in [1.29, 1.82) is 0 Å². The molecule has 5 nitrogen and oxygen atoms in total. The summed E-state index contributed by atoms with van der Waals surface area (Å²) in [5, 5.41) is 3.04. The zero-order chi connectivity index (χ0) is 12.3. The molecule has 0 saturated heterocycles. The smallest absolute Gasteiger partial charge is 0.223 e. The van der Waals surface area contributed by atoms with E-state index >= 15 is 0 Å². The van der Waals surface area contributed by atoms with Crippen LogP contribution in [0.3, 0.4) is 0 Å². The summed E-state index contributed by atoms with van der Waals surface area (Å²) in [6.45, 7) is 2.42. The maximum atomic E-state index is 5.49. The quantitative estimate of drug-likeness (QED) is 0.801. The molecule has 0 amide bonds. The SMILES string of the molecule is Cc1ccc(CNc2nccc(C(N)=S)n2)o1. The summed E-state index contributed by atoms with van der Waals surface area (Å²) in [6.07, 6.45) is 1.61. The second-order valence-corrected chi connectivity index (χ2v) is 3.94. The highest BCUT2D eigenvalue weighted by atomic mass is 32.1. The van der Waals surface area contributed by atoms with E-state index in [-0.39, 0.29) is 4.99 Å². The first-order valence-corrected chi connectivity index (χ1v) is 5.48. The average Bonchev–Trinajstić information content (AvgIpc) is 2.73. The van der Waals surface area contributed by atoms with E-state index in [1.807, 2.05) is 19.1 Å². The third-order valence-corrected chi connectivity index (χ3v) is 2.33. The van der Waals surface area contributed by atoms with Crippen LogP contribution >= 0.6 is 12.2 Å². The molecule has 0 spiro atoms. The van der Waals surface area contributed by atoms with Crippen molar-refractivity contribution in [3.8, 4) is 0 Å². The van der Waals surface area contributed by atoms with Gasteiger partial charge in [-0.25, -0.2) is 9.97 Å². The number of hydrogen-bond acceptors (Lipinski definition) is 5. The Labute approximate surface area is 104 Å². The summed E-state index contributed by atoms with van der Waals surface area (Å²) in [5.74, 6) is 2.18. The number of hydrogen-bond donors (Lipinski definition) is 2. The molecule has 0 unspecified atom stereocenters. The molecule has 17 heavy (non-hydrogen) atoms. The van der Waals surface area contributed by atoms with Crippen molar-refractivity contribution in [2.45, 2.75) is 13.5 Å². The van der Waals surface area contributed by atoms with Crippen LogP contribution in [0.1, 0.15) is 17.2 Å². The van der Waals surface area contributed by atoms with E-state index in [0.29, 0.717) is 18.2 Å². The number of thiocarbonyl (C=S) groups is 1. The van der Waals surface area contributed by atoms with Gasteiger partial charge in [0.25, 0.3) is 0 Å². The molecule has 0 atom stereocenters. The van der Waals surface area contributed by atoms with Crippen molar-refractivity contribution in [2.75, 3.05) is 5.32 Å². The van der Waals surface area contributed by atoms with E-state index in [9.17, 15) is 0 Å². The minimum Gasteiger partial charge on any atom is -0.465 e. The van der Waals surface area contributed by atoms with Gasteiger partial charge >= 0.3 is 0 Å². The fourth-order valence-electron chi connectivity index (χ4n) is 1.33. The van der Waals surface area contributed by atoms with Gasteiger partial charge in [0.2, 0.25) is 5.95 Å². The predicted molar refractivity (Wildman–Crippen MR) is 68.7 cm³/mol. The first kappa shape index (κ1) is 11.5. The summed E-state index contributed by atoms with van der Waals surface area (Å²) < 4.78 is 5.41. The van der Waals surface area contributed by atoms with E-state index in [1.54, 1.807) is 12.3 Å². The second kappa shape index (κ2) is 4.92. The summed E-state index contributed by atoms with van der Waals surface area (Å²) in [4.78, 5) is 8.48. The third kappa shape index (κ3) is 3.01. The number of aromatic nitrogens is 2. The Morgan fingerprint density at radius 1 is 1.47 bits per heavy atom. The molecule has 88 valence electrons. The Bertz CT molecular complexity index is 538. The van der Waals surface area contributed by atoms with Crippen LogP contribution in [0.4, 0.5) is 5.95 Å². The molecule has 3 N–H and O–H groups in total. The van der Waals surface area contributed by atoms with Crippen molar-refractivity contribution < 1.29 is 4.42 Å². The van der Waals surface area contributed by atoms with Crippen molar-refractivity contribution in [1.82, 2.24) is 9.97 Å². The van der Waals surface area contributed by atoms with Crippen molar-refractivity contribution in [3.05, 3.63) is 41.6 Å². The zero-order valence-electron chi connectivity index (χ0n) is 9.30. The van der Waals surface area contributed by atoms with E-state index in [2.05, 4.69) is 15.3 Å². The van der Waals surface area contributed by atoms with Gasteiger partial charge in [0.05, 0.1) is 6.54 Å². The molecule has 0 aliphatic heterocycles. The number of nitrogens with zero attached hydrogens (tertiary/aromatic N) is 2. The molecule has 2 rings (SSSR count). The van der Waals surface area contributed by atoms with Crippen LogP contribution in [-0.4, -0.2) is 15.0 Å². The monoisotopic (exact) mass is 248 g/mol. The van der Waals surface area contributed by atoms with Crippen LogP contribution in [-0.2, 0) is 6.54 Å². The standard InChI is InChI=1S/C11H12N4OS/c1-7-2-3-8(16-7)6-14-11-13-5-4-9(15-11)10(12)17/h2-5H,6H2,1H3,(H2,12,17)(H,13,14,15). The molecule has 0 aliphatic carbocycles. The molecule has 0 aromatic carbocycles. The summed E-state index contributed by atoms with van der Waals surface area (Å²) >= 11 is 4.84. The minimum atomic E-state index is 0.254. The van der Waals surface area contributed by atoms with Crippen molar-refractivity contribution >= 4 is 23.2 Å². The number of rotatable bonds is 4. The normalized spacial score (nSPS) is 10.2. The molecule has 0 aliphatic rings. The van der Waals surface area contributed by atoms with Gasteiger partial charge in [0.15, 0.2) is 0 Å². The highest BCUT2D eigenvalue weighted by molar-refractivity contribution is 7.80. The van der Waals surface area contributed by atoms with Gasteiger partial charge in [-0.05, 0) is 25.1 Å². The largest absolute Gasteiger partial charge is 0.465 e. The van der Waals surface area contributed by atoms with Crippen LogP contribution in [0.25, 0.3) is 0 Å². The molecule has 0 saturated carbocycles. The highest BCUT2D eigenvalue weighted by Gasteiger charge is 2.03. The lowest BCUT2D eigenvalue weighted by Gasteiger charge is -2.03. The zero-order valence-corrected chi connectivity index (χ0v) is 10.1. The van der Waals surface area contributed by atoms with Gasteiger partial charge in [-0.1, -0.05) is 12.2 Å². The number of furan rings is 1. The molecule has 2 aromatic rings. The first-order valence-electron chi connectivity index (χ1n) is 5.07. The molecule has 0 fully saturated rings. The van der Waals surface area contributed by atoms with E-state index in [0.717, 1.165) is 11.5 Å². The Morgan fingerprint density at radius 3 is 2.94 bits per heavy atom. The number of anilines is 1. The molecular formula is C11H12N4OS. The lowest BCUT2D eigenvalue weighted by Crippen LogP contribution is -2.13. The predicted octanol–water partition coefficient (Wildman–Crippen LogP) is 1.62. The molecule has 2 heterocycles. The molecule has 6 heteroatoms. The number of nitrogens with one attached hydrogen (secondary N) is 1. The second-order valence-electron chi connectivity index (χ2n) is 3.50. The van der Waals surface area contributed by atoms with Gasteiger partial charge in [0, 0.05) is 6.20 Å². The Hall–Kier alpha value is -1.95. The molecule has 0 radical (unpaired) electrons. The Kier molecular flexibility index (Phi) is 3.34. The lowest BCUT2D eigenvalue weighted by atomic mass is 10.4. The summed E-state index contributed by atoms with van der Waals surface area (Å²) in [5.41, 5.74) is 6.04. The van der Waals surface area contributed by atoms with Gasteiger partial charge in [0.1, 0.15) is 22.2 Å². The highest BCUT2D eigenvalue weighted by Crippen LogP contribution is 2.08. The average molecular weight is 248 g/mol. The maximum Gasteiger partial charge on any atom is 0.223 e. The topological polar surface area (TPSA) is 77.0 Å². The fourth-order valence-corrected chi connectivity index (χ4v) is 1.44. The Balaban J connectivity index is 2.04. The van der Waals surface area contributed by atoms with E-state index < -0.39 is 0 Å². The number of aryl methyl sites for hydroxylation is 1. The Morgan fingerprint density at radius 2 is 2.29 bits per heavy atom. The van der Waals surface area contributed by atoms with Crippen molar-refractivity contribution in [2.24, 2.45) is 5.73 Å². The third-order valence-electron chi connectivity index (χ3n) is 2.12. The molecule has 0 bridgehead atoms. The summed E-state index contributed by atoms with van der Waals surface area (Å²) in [7, 11) is 0. The van der Waals surface area contributed by atoms with Gasteiger partial charge in [-0.3, -0.25) is 0 Å². The van der Waals surface area contributed by atoms with E-state index in [1.165, 1.54) is 0 Å². The van der Waals surface area contributed by atoms with Crippen LogP contribution < -0.4 is 11.1 Å².